The molecule has 0 spiro atoms. The van der Waals surface area contributed by atoms with Crippen molar-refractivity contribution in [2.75, 3.05) is 39.6 Å². The van der Waals surface area contributed by atoms with E-state index in [-0.39, 0.29) is 12.5 Å². The third-order valence-corrected chi connectivity index (χ3v) is 2.10. The molecule has 0 aliphatic carbocycles. The van der Waals surface area contributed by atoms with E-state index in [1.54, 1.807) is 11.0 Å². The summed E-state index contributed by atoms with van der Waals surface area (Å²) in [7, 11) is 0. The maximum Gasteiger partial charge on any atom is 0.251 e. The van der Waals surface area contributed by atoms with Gasteiger partial charge in [0.2, 0.25) is 0 Å². The molecule has 1 aliphatic heterocycles. The lowest BCUT2D eigenvalue weighted by Gasteiger charge is -2.16. The first kappa shape index (κ1) is 12.9. The molecule has 5 heteroatoms. The lowest BCUT2D eigenvalue weighted by molar-refractivity contribution is -0.123. The predicted octanol–water partition coefficient (Wildman–Crippen LogP) is -0.0760. The van der Waals surface area contributed by atoms with Crippen molar-refractivity contribution in [1.82, 2.24) is 4.90 Å². The zero-order valence-electron chi connectivity index (χ0n) is 9.22. The maximum atomic E-state index is 11.3. The zero-order valence-corrected chi connectivity index (χ0v) is 9.22. The van der Waals surface area contributed by atoms with Crippen LogP contribution in [0.4, 0.5) is 0 Å². The van der Waals surface area contributed by atoms with Crippen molar-refractivity contribution in [2.24, 2.45) is 0 Å². The van der Waals surface area contributed by atoms with Gasteiger partial charge in [-0.25, -0.2) is 0 Å². The fourth-order valence-electron chi connectivity index (χ4n) is 1.29. The summed E-state index contributed by atoms with van der Waals surface area (Å²) in [6.45, 7) is 5.96. The van der Waals surface area contributed by atoms with Crippen LogP contribution in [0.15, 0.2) is 24.4 Å². The van der Waals surface area contributed by atoms with Gasteiger partial charge in [-0.1, -0.05) is 6.58 Å². The normalized spacial score (nSPS) is 15.2. The Morgan fingerprint density at radius 2 is 1.88 bits per heavy atom. The van der Waals surface area contributed by atoms with Crippen LogP contribution < -0.4 is 0 Å². The third-order valence-electron chi connectivity index (χ3n) is 2.10. The molecular weight excluding hydrogens is 210 g/mol. The van der Waals surface area contributed by atoms with Gasteiger partial charge in [-0.05, 0) is 6.08 Å². The zero-order chi connectivity index (χ0) is 11.8. The summed E-state index contributed by atoms with van der Waals surface area (Å²) in [5.74, 6) is -0.0508. The Morgan fingerprint density at radius 3 is 2.44 bits per heavy atom. The van der Waals surface area contributed by atoms with E-state index in [2.05, 4.69) is 6.58 Å². The molecule has 0 radical (unpaired) electrons. The summed E-state index contributed by atoms with van der Waals surface area (Å²) in [4.78, 5) is 12.8. The van der Waals surface area contributed by atoms with E-state index < -0.39 is 0 Å². The van der Waals surface area contributed by atoms with Crippen LogP contribution in [0.2, 0.25) is 0 Å². The Bertz CT molecular complexity index is 257. The van der Waals surface area contributed by atoms with E-state index in [1.807, 2.05) is 0 Å². The minimum Gasteiger partial charge on any atom is -0.394 e. The molecule has 0 saturated carbocycles. The van der Waals surface area contributed by atoms with Crippen LogP contribution in [0.5, 0.6) is 0 Å². The minimum atomic E-state index is -0.0508. The third kappa shape index (κ3) is 4.14. The molecule has 1 N–H and O–H groups in total. The number of carbonyl (C=O) groups excluding carboxylic acids is 1. The SMILES string of the molecule is C=C1C=CC(=O)N1CCOCCOCCO. The summed E-state index contributed by atoms with van der Waals surface area (Å²) >= 11 is 0. The molecule has 1 amide bonds. The smallest absolute Gasteiger partial charge is 0.251 e. The second-order valence-corrected chi connectivity index (χ2v) is 3.26. The van der Waals surface area contributed by atoms with Crippen molar-refractivity contribution in [3.63, 3.8) is 0 Å². The Balaban J connectivity index is 1.99. The minimum absolute atomic E-state index is 0.0216. The van der Waals surface area contributed by atoms with Gasteiger partial charge in [0.05, 0.1) is 33.0 Å². The highest BCUT2D eigenvalue weighted by molar-refractivity contribution is 5.92. The van der Waals surface area contributed by atoms with Gasteiger partial charge in [0.25, 0.3) is 5.91 Å². The van der Waals surface area contributed by atoms with E-state index >= 15 is 0 Å². The van der Waals surface area contributed by atoms with Crippen molar-refractivity contribution >= 4 is 5.91 Å². The standard InChI is InChI=1S/C11H17NO4/c1-10-2-3-11(14)12(10)4-6-15-8-9-16-7-5-13/h2-3,13H,1,4-9H2. The molecule has 0 unspecified atom stereocenters. The van der Waals surface area contributed by atoms with Gasteiger partial charge in [-0.2, -0.15) is 0 Å². The molecular formula is C11H17NO4. The Hall–Kier alpha value is -1.17. The van der Waals surface area contributed by atoms with Crippen molar-refractivity contribution in [3.8, 4) is 0 Å². The number of aliphatic hydroxyl groups is 1. The summed E-state index contributed by atoms with van der Waals surface area (Å²) in [6, 6.07) is 0. The maximum absolute atomic E-state index is 11.3. The molecule has 0 bridgehead atoms. The summed E-state index contributed by atoms with van der Waals surface area (Å²) in [5, 5.41) is 8.44. The van der Waals surface area contributed by atoms with Gasteiger partial charge in [0.1, 0.15) is 0 Å². The molecule has 0 atom stereocenters. The highest BCUT2D eigenvalue weighted by Gasteiger charge is 2.17. The summed E-state index contributed by atoms with van der Waals surface area (Å²) in [5.41, 5.74) is 0.699. The first-order chi connectivity index (χ1) is 7.75. The number of hydrogen-bond acceptors (Lipinski definition) is 4. The Kier molecular flexibility index (Phi) is 5.77. The lowest BCUT2D eigenvalue weighted by atomic mass is 10.4. The monoisotopic (exact) mass is 227 g/mol. The van der Waals surface area contributed by atoms with E-state index in [4.69, 9.17) is 14.6 Å². The topological polar surface area (TPSA) is 59.0 Å². The highest BCUT2D eigenvalue weighted by Crippen LogP contribution is 2.11. The summed E-state index contributed by atoms with van der Waals surface area (Å²) in [6.07, 6.45) is 3.18. The van der Waals surface area contributed by atoms with Crippen LogP contribution >= 0.6 is 0 Å². The van der Waals surface area contributed by atoms with Crippen LogP contribution in [0.1, 0.15) is 0 Å². The number of rotatable bonds is 8. The number of hydrogen-bond donors (Lipinski definition) is 1. The first-order valence-corrected chi connectivity index (χ1v) is 5.20. The van der Waals surface area contributed by atoms with E-state index in [0.29, 0.717) is 38.7 Å². The Labute approximate surface area is 94.9 Å². The number of aliphatic hydroxyl groups excluding tert-OH is 1. The highest BCUT2D eigenvalue weighted by atomic mass is 16.5. The molecule has 0 saturated heterocycles. The number of allylic oxidation sites excluding steroid dienone is 1. The quantitative estimate of drug-likeness (QED) is 0.589. The van der Waals surface area contributed by atoms with Gasteiger partial charge in [0, 0.05) is 18.3 Å². The summed E-state index contributed by atoms with van der Waals surface area (Å²) < 4.78 is 10.3. The average Bonchev–Trinajstić information content (AvgIpc) is 2.59. The second-order valence-electron chi connectivity index (χ2n) is 3.26. The number of nitrogens with zero attached hydrogens (tertiary/aromatic N) is 1. The Morgan fingerprint density at radius 1 is 1.19 bits per heavy atom. The van der Waals surface area contributed by atoms with Gasteiger partial charge in [-0.15, -0.1) is 0 Å². The van der Waals surface area contributed by atoms with Crippen LogP contribution in [-0.2, 0) is 14.3 Å². The van der Waals surface area contributed by atoms with Crippen LogP contribution in [0.25, 0.3) is 0 Å². The van der Waals surface area contributed by atoms with E-state index in [9.17, 15) is 4.79 Å². The number of amides is 1. The molecule has 0 aromatic rings. The van der Waals surface area contributed by atoms with Crippen LogP contribution in [-0.4, -0.2) is 55.5 Å². The van der Waals surface area contributed by atoms with Crippen LogP contribution in [0, 0.1) is 0 Å². The molecule has 0 aromatic carbocycles. The molecule has 1 heterocycles. The van der Waals surface area contributed by atoms with Gasteiger partial charge >= 0.3 is 0 Å². The molecule has 1 aliphatic rings. The number of ether oxygens (including phenoxy) is 2. The van der Waals surface area contributed by atoms with Crippen LogP contribution in [0.3, 0.4) is 0 Å². The molecule has 5 nitrogen and oxygen atoms in total. The fourth-order valence-corrected chi connectivity index (χ4v) is 1.29. The second kappa shape index (κ2) is 7.16. The molecule has 16 heavy (non-hydrogen) atoms. The number of carbonyl (C=O) groups is 1. The van der Waals surface area contributed by atoms with Gasteiger partial charge in [0.15, 0.2) is 0 Å². The predicted molar refractivity (Wildman–Crippen MR) is 58.7 cm³/mol. The largest absolute Gasteiger partial charge is 0.394 e. The van der Waals surface area contributed by atoms with Crippen molar-refractivity contribution in [3.05, 3.63) is 24.4 Å². The first-order valence-electron chi connectivity index (χ1n) is 5.20. The molecule has 0 aromatic heterocycles. The van der Waals surface area contributed by atoms with E-state index in [1.165, 1.54) is 6.08 Å². The van der Waals surface area contributed by atoms with Crippen molar-refractivity contribution < 1.29 is 19.4 Å². The lowest BCUT2D eigenvalue weighted by Crippen LogP contribution is -2.28. The molecule has 1 rings (SSSR count). The molecule has 90 valence electrons. The fraction of sp³-hybridized carbons (Fsp3) is 0.545. The average molecular weight is 227 g/mol. The van der Waals surface area contributed by atoms with Gasteiger partial charge < -0.3 is 19.5 Å². The van der Waals surface area contributed by atoms with Crippen molar-refractivity contribution in [1.29, 1.82) is 0 Å². The van der Waals surface area contributed by atoms with Crippen molar-refractivity contribution in [2.45, 2.75) is 0 Å². The van der Waals surface area contributed by atoms with E-state index in [0.717, 1.165) is 0 Å². The molecule has 0 fully saturated rings. The van der Waals surface area contributed by atoms with Gasteiger partial charge in [-0.3, -0.25) is 4.79 Å².